The van der Waals surface area contributed by atoms with Crippen LogP contribution in [0.1, 0.15) is 0 Å². The lowest BCUT2D eigenvalue weighted by Crippen LogP contribution is -1.89. The van der Waals surface area contributed by atoms with E-state index in [0.29, 0.717) is 0 Å². The van der Waals surface area contributed by atoms with E-state index in [1.165, 1.54) is 5.56 Å². The molecule has 0 spiro atoms. The van der Waals surface area contributed by atoms with E-state index in [2.05, 4.69) is 60.7 Å². The number of aromatic nitrogens is 1. The Bertz CT molecular complexity index is 997. The van der Waals surface area contributed by atoms with Gasteiger partial charge in [0.25, 0.3) is 0 Å². The number of nitrogens with zero attached hydrogens (tertiary/aromatic N) is 1. The third-order valence-corrected chi connectivity index (χ3v) is 5.06. The fraction of sp³-hybridized carbons (Fsp3) is 0.0455. The molecule has 4 rings (SSSR count). The lowest BCUT2D eigenvalue weighted by Gasteiger charge is -2.11. The zero-order valence-corrected chi connectivity index (χ0v) is 14.7. The largest absolute Gasteiger partial charge is 0.497 e. The minimum atomic E-state index is 0.860. The molecule has 0 N–H and O–H groups in total. The summed E-state index contributed by atoms with van der Waals surface area (Å²) in [5, 5.41) is 2.16. The summed E-state index contributed by atoms with van der Waals surface area (Å²) in [6.45, 7) is 0. The molecular formula is C22H17NOS. The van der Waals surface area contributed by atoms with Gasteiger partial charge < -0.3 is 4.74 Å². The number of benzene rings is 3. The Hall–Kier alpha value is -2.78. The zero-order chi connectivity index (χ0) is 17.1. The normalized spacial score (nSPS) is 10.8. The van der Waals surface area contributed by atoms with E-state index in [9.17, 15) is 0 Å². The molecule has 2 nitrogen and oxygen atoms in total. The van der Waals surface area contributed by atoms with Crippen LogP contribution >= 0.6 is 11.8 Å². The summed E-state index contributed by atoms with van der Waals surface area (Å²) in [6, 6.07) is 29.0. The molecule has 0 saturated heterocycles. The molecule has 0 unspecified atom stereocenters. The van der Waals surface area contributed by atoms with Gasteiger partial charge in [0.1, 0.15) is 10.8 Å². The van der Waals surface area contributed by atoms with Crippen LogP contribution in [0, 0.1) is 0 Å². The van der Waals surface area contributed by atoms with Gasteiger partial charge in [-0.25, -0.2) is 4.98 Å². The molecule has 25 heavy (non-hydrogen) atoms. The number of fused-ring (bicyclic) bond motifs is 1. The summed E-state index contributed by atoms with van der Waals surface area (Å²) in [4.78, 5) is 6.06. The summed E-state index contributed by atoms with van der Waals surface area (Å²) in [7, 11) is 1.68. The maximum absolute atomic E-state index is 5.25. The van der Waals surface area contributed by atoms with E-state index in [4.69, 9.17) is 9.72 Å². The van der Waals surface area contributed by atoms with E-state index in [0.717, 1.165) is 32.1 Å². The summed E-state index contributed by atoms with van der Waals surface area (Å²) < 4.78 is 5.25. The highest BCUT2D eigenvalue weighted by molar-refractivity contribution is 7.99. The zero-order valence-electron chi connectivity index (χ0n) is 13.8. The Morgan fingerprint density at radius 2 is 1.52 bits per heavy atom. The topological polar surface area (TPSA) is 22.1 Å². The van der Waals surface area contributed by atoms with Gasteiger partial charge in [-0.1, -0.05) is 60.3 Å². The monoisotopic (exact) mass is 343 g/mol. The number of para-hydroxylation sites is 1. The number of rotatable bonds is 4. The molecule has 3 aromatic carbocycles. The van der Waals surface area contributed by atoms with Crippen LogP contribution in [0.2, 0.25) is 0 Å². The minimum Gasteiger partial charge on any atom is -0.497 e. The molecule has 0 bridgehead atoms. The van der Waals surface area contributed by atoms with Gasteiger partial charge in [-0.2, -0.15) is 0 Å². The van der Waals surface area contributed by atoms with Gasteiger partial charge in [-0.15, -0.1) is 0 Å². The van der Waals surface area contributed by atoms with Crippen LogP contribution in [0.25, 0.3) is 22.0 Å². The van der Waals surface area contributed by atoms with Crippen LogP contribution < -0.4 is 4.74 Å². The average molecular weight is 343 g/mol. The molecule has 0 fully saturated rings. The molecule has 0 amide bonds. The van der Waals surface area contributed by atoms with E-state index in [-0.39, 0.29) is 0 Å². The summed E-state index contributed by atoms with van der Waals surface area (Å²) >= 11 is 1.68. The van der Waals surface area contributed by atoms with Crippen molar-refractivity contribution >= 4 is 22.7 Å². The Labute approximate surface area is 151 Å². The van der Waals surface area contributed by atoms with Crippen molar-refractivity contribution < 1.29 is 4.74 Å². The van der Waals surface area contributed by atoms with Gasteiger partial charge in [-0.05, 0) is 42.0 Å². The van der Waals surface area contributed by atoms with E-state index in [1.807, 2.05) is 24.3 Å². The van der Waals surface area contributed by atoms with Crippen molar-refractivity contribution in [3.63, 3.8) is 0 Å². The van der Waals surface area contributed by atoms with Gasteiger partial charge in [0.05, 0.1) is 12.6 Å². The highest BCUT2D eigenvalue weighted by Crippen LogP contribution is 2.37. The van der Waals surface area contributed by atoms with Crippen LogP contribution in [0.15, 0.2) is 94.9 Å². The molecule has 0 aliphatic heterocycles. The van der Waals surface area contributed by atoms with E-state index >= 15 is 0 Å². The number of methoxy groups -OCH3 is 1. The molecule has 0 radical (unpaired) electrons. The first kappa shape index (κ1) is 15.7. The lowest BCUT2D eigenvalue weighted by molar-refractivity contribution is 0.414. The van der Waals surface area contributed by atoms with E-state index < -0.39 is 0 Å². The van der Waals surface area contributed by atoms with Gasteiger partial charge in [-0.3, -0.25) is 0 Å². The highest BCUT2D eigenvalue weighted by atomic mass is 32.2. The van der Waals surface area contributed by atoms with Crippen LogP contribution in [-0.2, 0) is 0 Å². The van der Waals surface area contributed by atoms with Crippen molar-refractivity contribution in [2.75, 3.05) is 7.11 Å². The molecule has 3 heteroatoms. The number of pyridine rings is 1. The first-order chi connectivity index (χ1) is 12.3. The van der Waals surface area contributed by atoms with Gasteiger partial charge >= 0.3 is 0 Å². The smallest absolute Gasteiger partial charge is 0.118 e. The lowest BCUT2D eigenvalue weighted by atomic mass is 10.1. The maximum Gasteiger partial charge on any atom is 0.118 e. The predicted molar refractivity (Wildman–Crippen MR) is 104 cm³/mol. The summed E-state index contributed by atoms with van der Waals surface area (Å²) in [6.07, 6.45) is 0. The van der Waals surface area contributed by atoms with Crippen molar-refractivity contribution in [3.8, 4) is 16.9 Å². The quantitative estimate of drug-likeness (QED) is 0.449. The summed E-state index contributed by atoms with van der Waals surface area (Å²) in [5.41, 5.74) is 3.34. The van der Waals surface area contributed by atoms with Crippen LogP contribution in [0.5, 0.6) is 5.75 Å². The molecule has 1 heterocycles. The number of hydrogen-bond donors (Lipinski definition) is 0. The number of ether oxygens (including phenoxy) is 1. The second-order valence-electron chi connectivity index (χ2n) is 5.68. The van der Waals surface area contributed by atoms with Crippen LogP contribution in [0.3, 0.4) is 0 Å². The standard InChI is InChI=1S/C22H17NOS/c1-24-18-11-13-19(14-12-18)25-22-20(16-7-3-2-4-8-16)15-17-9-5-6-10-21(17)23-22/h2-15H,1H3. The van der Waals surface area contributed by atoms with Gasteiger partial charge in [0, 0.05) is 15.8 Å². The maximum atomic E-state index is 5.25. The van der Waals surface area contributed by atoms with E-state index in [1.54, 1.807) is 18.9 Å². The van der Waals surface area contributed by atoms with Crippen molar-refractivity contribution in [1.82, 2.24) is 4.98 Å². The SMILES string of the molecule is COc1ccc(Sc2nc3ccccc3cc2-c2ccccc2)cc1. The van der Waals surface area contributed by atoms with Gasteiger partial charge in [0.15, 0.2) is 0 Å². The van der Waals surface area contributed by atoms with Crippen molar-refractivity contribution in [1.29, 1.82) is 0 Å². The molecular weight excluding hydrogens is 326 g/mol. The average Bonchev–Trinajstić information content (AvgIpc) is 2.69. The predicted octanol–water partition coefficient (Wildman–Crippen LogP) is 6.06. The Morgan fingerprint density at radius 3 is 2.28 bits per heavy atom. The van der Waals surface area contributed by atoms with Crippen LogP contribution in [-0.4, -0.2) is 12.1 Å². The van der Waals surface area contributed by atoms with Gasteiger partial charge in [0.2, 0.25) is 0 Å². The highest BCUT2D eigenvalue weighted by Gasteiger charge is 2.11. The molecule has 122 valence electrons. The minimum absolute atomic E-state index is 0.860. The first-order valence-electron chi connectivity index (χ1n) is 8.10. The summed E-state index contributed by atoms with van der Waals surface area (Å²) in [5.74, 6) is 0.860. The Balaban J connectivity index is 1.82. The fourth-order valence-corrected chi connectivity index (χ4v) is 3.68. The number of hydrogen-bond acceptors (Lipinski definition) is 3. The molecule has 0 aliphatic rings. The fourth-order valence-electron chi connectivity index (χ4n) is 2.76. The molecule has 0 saturated carbocycles. The molecule has 4 aromatic rings. The third kappa shape index (κ3) is 3.37. The Morgan fingerprint density at radius 1 is 0.800 bits per heavy atom. The van der Waals surface area contributed by atoms with Crippen molar-refractivity contribution in [2.45, 2.75) is 9.92 Å². The van der Waals surface area contributed by atoms with Crippen molar-refractivity contribution in [3.05, 3.63) is 84.9 Å². The second kappa shape index (κ2) is 6.99. The second-order valence-corrected chi connectivity index (χ2v) is 6.74. The van der Waals surface area contributed by atoms with Crippen LogP contribution in [0.4, 0.5) is 0 Å². The first-order valence-corrected chi connectivity index (χ1v) is 8.92. The third-order valence-electron chi connectivity index (χ3n) is 4.05. The molecule has 0 atom stereocenters. The molecule has 0 aliphatic carbocycles. The molecule has 1 aromatic heterocycles. The Kier molecular flexibility index (Phi) is 4.40. The van der Waals surface area contributed by atoms with Crippen molar-refractivity contribution in [2.24, 2.45) is 0 Å².